The first kappa shape index (κ1) is 16.4. The Labute approximate surface area is 152 Å². The van der Waals surface area contributed by atoms with Crippen LogP contribution < -0.4 is 9.64 Å². The van der Waals surface area contributed by atoms with Gasteiger partial charge in [-0.25, -0.2) is 4.98 Å². The van der Waals surface area contributed by atoms with Gasteiger partial charge >= 0.3 is 0 Å². The Morgan fingerprint density at radius 2 is 1.72 bits per heavy atom. The van der Waals surface area contributed by atoms with Crippen LogP contribution in [0.25, 0.3) is 10.2 Å². The maximum atomic E-state index is 5.51. The summed E-state index contributed by atoms with van der Waals surface area (Å²) < 4.78 is 6.79. The number of para-hydroxylation sites is 3. The number of piperazine rings is 1. The molecule has 0 bridgehead atoms. The van der Waals surface area contributed by atoms with Crippen LogP contribution in [-0.2, 0) is 0 Å². The number of fused-ring (bicyclic) bond motifs is 1. The molecule has 1 fully saturated rings. The highest BCUT2D eigenvalue weighted by molar-refractivity contribution is 7.18. The van der Waals surface area contributed by atoms with E-state index in [2.05, 4.69) is 53.1 Å². The Bertz CT molecular complexity index is 822. The number of nitrogens with zero attached hydrogens (tertiary/aromatic N) is 3. The van der Waals surface area contributed by atoms with Crippen molar-refractivity contribution < 1.29 is 4.74 Å². The van der Waals surface area contributed by atoms with Gasteiger partial charge in [0, 0.05) is 26.2 Å². The molecule has 1 aliphatic rings. The van der Waals surface area contributed by atoms with Gasteiger partial charge in [-0.3, -0.25) is 4.90 Å². The fourth-order valence-corrected chi connectivity index (χ4v) is 4.52. The molecule has 1 unspecified atom stereocenters. The van der Waals surface area contributed by atoms with Crippen LogP contribution in [0.2, 0.25) is 0 Å². The van der Waals surface area contributed by atoms with Crippen molar-refractivity contribution in [3.8, 4) is 5.75 Å². The second-order valence-electron chi connectivity index (χ2n) is 6.39. The maximum Gasteiger partial charge on any atom is 0.142 e. The third kappa shape index (κ3) is 3.22. The Morgan fingerprint density at radius 3 is 2.48 bits per heavy atom. The molecule has 0 amide bonds. The lowest BCUT2D eigenvalue weighted by molar-refractivity contribution is 0.198. The van der Waals surface area contributed by atoms with E-state index >= 15 is 0 Å². The van der Waals surface area contributed by atoms with Gasteiger partial charge < -0.3 is 9.64 Å². The highest BCUT2D eigenvalue weighted by Crippen LogP contribution is 2.32. The molecule has 1 aliphatic heterocycles. The lowest BCUT2D eigenvalue weighted by atomic mass is 10.2. The van der Waals surface area contributed by atoms with Gasteiger partial charge in [-0.1, -0.05) is 24.3 Å². The van der Waals surface area contributed by atoms with Gasteiger partial charge in [-0.15, -0.1) is 11.3 Å². The molecule has 0 radical (unpaired) electrons. The Hall–Kier alpha value is -2.11. The van der Waals surface area contributed by atoms with Crippen molar-refractivity contribution in [3.05, 3.63) is 53.5 Å². The Balaban J connectivity index is 1.46. The number of hydrogen-bond donors (Lipinski definition) is 0. The predicted molar refractivity (Wildman–Crippen MR) is 105 cm³/mol. The summed E-state index contributed by atoms with van der Waals surface area (Å²) in [6.45, 7) is 6.37. The van der Waals surface area contributed by atoms with E-state index < -0.39 is 0 Å². The number of anilines is 1. The van der Waals surface area contributed by atoms with Crippen LogP contribution >= 0.6 is 11.3 Å². The van der Waals surface area contributed by atoms with Crippen LogP contribution in [0, 0.1) is 0 Å². The number of aromatic nitrogens is 1. The molecule has 1 atom stereocenters. The number of benzene rings is 2. The lowest BCUT2D eigenvalue weighted by Crippen LogP contribution is -2.47. The summed E-state index contributed by atoms with van der Waals surface area (Å²) in [5.41, 5.74) is 2.30. The average Bonchev–Trinajstić information content (AvgIpc) is 3.12. The molecular weight excluding hydrogens is 330 g/mol. The van der Waals surface area contributed by atoms with Crippen molar-refractivity contribution in [2.24, 2.45) is 0 Å². The van der Waals surface area contributed by atoms with E-state index in [4.69, 9.17) is 9.72 Å². The SMILES string of the molecule is COc1ccccc1N1CCN(C(C)c2nc3ccccc3s2)CC1. The summed E-state index contributed by atoms with van der Waals surface area (Å²) in [5, 5.41) is 1.21. The molecule has 25 heavy (non-hydrogen) atoms. The van der Waals surface area contributed by atoms with Crippen molar-refractivity contribution >= 4 is 27.2 Å². The molecule has 130 valence electrons. The van der Waals surface area contributed by atoms with Gasteiger partial charge in [-0.05, 0) is 31.2 Å². The number of methoxy groups -OCH3 is 1. The molecule has 1 saturated heterocycles. The third-order valence-corrected chi connectivity index (χ3v) is 6.16. The summed E-state index contributed by atoms with van der Waals surface area (Å²) in [6, 6.07) is 17.0. The van der Waals surface area contributed by atoms with Crippen molar-refractivity contribution in [1.82, 2.24) is 9.88 Å². The zero-order valence-corrected chi connectivity index (χ0v) is 15.5. The van der Waals surface area contributed by atoms with Crippen LogP contribution in [0.4, 0.5) is 5.69 Å². The first-order chi connectivity index (χ1) is 12.3. The fourth-order valence-electron chi connectivity index (χ4n) is 3.47. The summed E-state index contributed by atoms with van der Waals surface area (Å²) in [5.74, 6) is 0.954. The molecule has 4 rings (SSSR count). The highest BCUT2D eigenvalue weighted by Gasteiger charge is 2.25. The maximum absolute atomic E-state index is 5.51. The van der Waals surface area contributed by atoms with E-state index in [1.165, 1.54) is 15.4 Å². The first-order valence-corrected chi connectivity index (χ1v) is 9.55. The van der Waals surface area contributed by atoms with Crippen molar-refractivity contribution in [3.63, 3.8) is 0 Å². The minimum Gasteiger partial charge on any atom is -0.495 e. The normalized spacial score (nSPS) is 17.0. The molecule has 2 heterocycles. The highest BCUT2D eigenvalue weighted by atomic mass is 32.1. The predicted octanol–water partition coefficient (Wildman–Crippen LogP) is 4.19. The van der Waals surface area contributed by atoms with Gasteiger partial charge in [0.1, 0.15) is 10.8 Å². The van der Waals surface area contributed by atoms with Gasteiger partial charge in [0.25, 0.3) is 0 Å². The van der Waals surface area contributed by atoms with Gasteiger partial charge in [0.2, 0.25) is 0 Å². The summed E-state index contributed by atoms with van der Waals surface area (Å²) in [7, 11) is 1.74. The molecule has 0 saturated carbocycles. The number of rotatable bonds is 4. The van der Waals surface area contributed by atoms with E-state index in [1.807, 2.05) is 23.5 Å². The molecule has 4 nitrogen and oxygen atoms in total. The monoisotopic (exact) mass is 353 g/mol. The molecule has 0 N–H and O–H groups in total. The summed E-state index contributed by atoms with van der Waals surface area (Å²) in [4.78, 5) is 9.78. The number of ether oxygens (including phenoxy) is 1. The minimum absolute atomic E-state index is 0.359. The molecule has 0 spiro atoms. The lowest BCUT2D eigenvalue weighted by Gasteiger charge is -2.38. The Morgan fingerprint density at radius 1 is 1.00 bits per heavy atom. The Kier molecular flexibility index (Phi) is 4.59. The van der Waals surface area contributed by atoms with Gasteiger partial charge in [0.05, 0.1) is 29.1 Å². The number of hydrogen-bond acceptors (Lipinski definition) is 5. The first-order valence-electron chi connectivity index (χ1n) is 8.74. The molecule has 2 aromatic carbocycles. The van der Waals surface area contributed by atoms with Gasteiger partial charge in [0.15, 0.2) is 0 Å². The summed E-state index contributed by atoms with van der Waals surface area (Å²) in [6.07, 6.45) is 0. The third-order valence-electron chi connectivity index (χ3n) is 4.96. The van der Waals surface area contributed by atoms with Crippen LogP contribution in [0.5, 0.6) is 5.75 Å². The quantitative estimate of drug-likeness (QED) is 0.703. The van der Waals surface area contributed by atoms with Gasteiger partial charge in [-0.2, -0.15) is 0 Å². The largest absolute Gasteiger partial charge is 0.495 e. The smallest absolute Gasteiger partial charge is 0.142 e. The second kappa shape index (κ2) is 7.02. The fraction of sp³-hybridized carbons (Fsp3) is 0.350. The molecule has 0 aliphatic carbocycles. The zero-order chi connectivity index (χ0) is 17.2. The second-order valence-corrected chi connectivity index (χ2v) is 7.45. The van der Waals surface area contributed by atoms with Crippen molar-refractivity contribution in [2.45, 2.75) is 13.0 Å². The van der Waals surface area contributed by atoms with E-state index in [1.54, 1.807) is 7.11 Å². The van der Waals surface area contributed by atoms with E-state index in [-0.39, 0.29) is 0 Å². The molecule has 3 aromatic rings. The standard InChI is InChI=1S/C20H23N3OS/c1-15(20-21-16-7-3-6-10-19(16)25-20)22-11-13-23(14-12-22)17-8-4-5-9-18(17)24-2/h3-10,15H,11-14H2,1-2H3. The topological polar surface area (TPSA) is 28.6 Å². The van der Waals surface area contributed by atoms with Crippen LogP contribution in [0.1, 0.15) is 18.0 Å². The minimum atomic E-state index is 0.359. The zero-order valence-electron chi connectivity index (χ0n) is 14.7. The van der Waals surface area contributed by atoms with Crippen LogP contribution in [0.3, 0.4) is 0 Å². The molecule has 1 aromatic heterocycles. The van der Waals surface area contributed by atoms with Crippen LogP contribution in [0.15, 0.2) is 48.5 Å². The van der Waals surface area contributed by atoms with E-state index in [0.29, 0.717) is 6.04 Å². The summed E-state index contributed by atoms with van der Waals surface area (Å²) >= 11 is 1.82. The van der Waals surface area contributed by atoms with Crippen LogP contribution in [-0.4, -0.2) is 43.2 Å². The van der Waals surface area contributed by atoms with E-state index in [0.717, 1.165) is 37.4 Å². The van der Waals surface area contributed by atoms with E-state index in [9.17, 15) is 0 Å². The van der Waals surface area contributed by atoms with Crippen molar-refractivity contribution in [1.29, 1.82) is 0 Å². The van der Waals surface area contributed by atoms with Crippen molar-refractivity contribution in [2.75, 3.05) is 38.2 Å². The average molecular weight is 353 g/mol. The molecular formula is C20H23N3OS. The molecule has 5 heteroatoms. The number of thiazole rings is 1.